The van der Waals surface area contributed by atoms with Gasteiger partial charge >= 0.3 is 12.2 Å². The molecule has 0 spiro atoms. The molecule has 1 aliphatic carbocycles. The Hall–Kier alpha value is -4.15. The van der Waals surface area contributed by atoms with Crippen LogP contribution >= 0.6 is 7.37 Å². The lowest BCUT2D eigenvalue weighted by molar-refractivity contribution is -0.142. The van der Waals surface area contributed by atoms with E-state index >= 15 is 0 Å². The molecule has 2 aromatic rings. The van der Waals surface area contributed by atoms with E-state index in [-0.39, 0.29) is 36.7 Å². The summed E-state index contributed by atoms with van der Waals surface area (Å²) < 4.78 is 25.8. The van der Waals surface area contributed by atoms with Gasteiger partial charge in [-0.1, -0.05) is 83.5 Å². The predicted octanol–water partition coefficient (Wildman–Crippen LogP) is 5.62. The number of cyclic esters (lactones) is 1. The average Bonchev–Trinajstić information content (AvgIpc) is 3.42. The molecular formula is C40H53N4O8P. The fourth-order valence-electron chi connectivity index (χ4n) is 7.95. The second-order valence-electron chi connectivity index (χ2n) is 16.9. The summed E-state index contributed by atoms with van der Waals surface area (Å²) in [6, 6.07) is 12.0. The van der Waals surface area contributed by atoms with E-state index in [1.165, 1.54) is 10.5 Å². The van der Waals surface area contributed by atoms with Gasteiger partial charge in [-0.05, 0) is 65.3 Å². The molecule has 53 heavy (non-hydrogen) atoms. The summed E-state index contributed by atoms with van der Waals surface area (Å²) in [7, 11) is -4.19. The molecule has 3 heterocycles. The lowest BCUT2D eigenvalue weighted by Crippen LogP contribution is -2.58. The number of nitrogens with zero attached hydrogens (tertiary/aromatic N) is 2. The highest BCUT2D eigenvalue weighted by atomic mass is 31.2. The van der Waals surface area contributed by atoms with Crippen molar-refractivity contribution < 1.29 is 38.1 Å². The number of benzene rings is 2. The van der Waals surface area contributed by atoms with Crippen LogP contribution in [-0.4, -0.2) is 75.3 Å². The minimum absolute atomic E-state index is 0.0409. The highest BCUT2D eigenvalue weighted by molar-refractivity contribution is 7.68. The molecule has 0 aromatic heterocycles. The van der Waals surface area contributed by atoms with Crippen molar-refractivity contribution in [2.24, 2.45) is 16.7 Å². The molecule has 6 atom stereocenters. The molecule has 1 unspecified atom stereocenters. The summed E-state index contributed by atoms with van der Waals surface area (Å²) in [6.45, 7) is 14.2. The van der Waals surface area contributed by atoms with E-state index < -0.39 is 66.2 Å². The number of hydrogen-bond donors (Lipinski definition) is 3. The Bertz CT molecular complexity index is 1810. The van der Waals surface area contributed by atoms with Crippen LogP contribution in [-0.2, 0) is 43.1 Å². The van der Waals surface area contributed by atoms with Crippen molar-refractivity contribution in [3.63, 3.8) is 0 Å². The Morgan fingerprint density at radius 1 is 1.06 bits per heavy atom. The van der Waals surface area contributed by atoms with Gasteiger partial charge in [0.05, 0.1) is 13.2 Å². The fourth-order valence-corrected chi connectivity index (χ4v) is 10.3. The van der Waals surface area contributed by atoms with E-state index in [0.29, 0.717) is 13.1 Å². The molecular weight excluding hydrogens is 695 g/mol. The maximum atomic E-state index is 14.6. The van der Waals surface area contributed by atoms with Gasteiger partial charge in [0.2, 0.25) is 11.8 Å². The number of aryl methyl sites for hydroxylation is 1. The van der Waals surface area contributed by atoms with Crippen LogP contribution in [0.25, 0.3) is 0 Å². The predicted molar refractivity (Wildman–Crippen MR) is 200 cm³/mol. The summed E-state index contributed by atoms with van der Waals surface area (Å²) in [4.78, 5) is 70.4. The van der Waals surface area contributed by atoms with E-state index in [0.717, 1.165) is 36.8 Å². The van der Waals surface area contributed by atoms with Gasteiger partial charge in [-0.25, -0.2) is 9.59 Å². The lowest BCUT2D eigenvalue weighted by atomic mass is 9.85. The smallest absolute Gasteiger partial charge is 0.410 e. The number of nitrogens with one attached hydrogen (secondary N) is 2. The van der Waals surface area contributed by atoms with Crippen LogP contribution in [0.2, 0.25) is 0 Å². The zero-order chi connectivity index (χ0) is 38.3. The van der Waals surface area contributed by atoms with Gasteiger partial charge in [0.25, 0.3) is 7.37 Å². The molecule has 4 aliphatic rings. The number of alkyl carbamates (subject to hydrolysis) is 1. The van der Waals surface area contributed by atoms with E-state index in [1.54, 1.807) is 62.1 Å². The molecule has 12 nitrogen and oxygen atoms in total. The Labute approximate surface area is 312 Å². The van der Waals surface area contributed by atoms with Crippen molar-refractivity contribution in [3.05, 3.63) is 77.9 Å². The Kier molecular flexibility index (Phi) is 10.6. The van der Waals surface area contributed by atoms with Crippen LogP contribution in [0.5, 0.6) is 0 Å². The summed E-state index contributed by atoms with van der Waals surface area (Å²) in [6.07, 6.45) is 3.08. The molecule has 3 aliphatic heterocycles. The number of carbonyl (C=O) groups excluding carboxylic acids is 4. The van der Waals surface area contributed by atoms with Gasteiger partial charge in [-0.2, -0.15) is 0 Å². The second kappa shape index (κ2) is 14.6. The third-order valence-electron chi connectivity index (χ3n) is 11.2. The second-order valence-corrected chi connectivity index (χ2v) is 19.4. The Balaban J connectivity index is 1.31. The number of ether oxygens (including phenoxy) is 2. The number of fused-ring (bicyclic) bond motifs is 3. The molecule has 4 amide bonds. The van der Waals surface area contributed by atoms with Gasteiger partial charge in [-0.3, -0.25) is 19.1 Å². The van der Waals surface area contributed by atoms with Gasteiger partial charge in [-0.15, -0.1) is 6.58 Å². The van der Waals surface area contributed by atoms with Crippen LogP contribution in [0, 0.1) is 16.7 Å². The number of amides is 4. The highest BCUT2D eigenvalue weighted by Gasteiger charge is 2.66. The number of hydrogen-bond acceptors (Lipinski definition) is 7. The summed E-state index contributed by atoms with van der Waals surface area (Å²) >= 11 is 0. The van der Waals surface area contributed by atoms with Crippen LogP contribution in [0.4, 0.5) is 9.59 Å². The third kappa shape index (κ3) is 7.90. The van der Waals surface area contributed by atoms with Crippen LogP contribution in [0.1, 0.15) is 83.4 Å². The molecule has 6 rings (SSSR count). The van der Waals surface area contributed by atoms with Crippen molar-refractivity contribution in [2.75, 3.05) is 13.2 Å². The monoisotopic (exact) mass is 748 g/mol. The van der Waals surface area contributed by atoms with E-state index in [9.17, 15) is 28.6 Å². The minimum Gasteiger partial charge on any atom is -0.449 e. The van der Waals surface area contributed by atoms with Gasteiger partial charge in [0.1, 0.15) is 23.5 Å². The largest absolute Gasteiger partial charge is 0.449 e. The van der Waals surface area contributed by atoms with Crippen molar-refractivity contribution in [2.45, 2.75) is 110 Å². The topological polar surface area (TPSA) is 155 Å². The first-order valence-corrected chi connectivity index (χ1v) is 20.2. The van der Waals surface area contributed by atoms with Crippen LogP contribution in [0.3, 0.4) is 0 Å². The summed E-state index contributed by atoms with van der Waals surface area (Å²) in [5.41, 5.74) is 2.25. The number of rotatable bonds is 5. The maximum Gasteiger partial charge on any atom is 0.410 e. The standard InChI is InChI=1S/C40H53N4O8P/c1-7-28-21-40(28,53(49,50)30-17-9-8-10-18-30)42-34(45)32-20-29-23-44(32)35(46)33(38(2,3)4)41-36(47)51-25-39(5,6)19-12-11-14-26-15-13-16-27-22-43(24-31(26)27)37(48)52-29/h7-10,13,15-18,28-29,32-33H,1,11-12,14,19-25H2,2-6H3,(H,41,47)(H,42,45)(H,49,50)/t28-,29+,32-,33+,40-/m0/s1. The van der Waals surface area contributed by atoms with Gasteiger partial charge in [0, 0.05) is 30.7 Å². The zero-order valence-corrected chi connectivity index (χ0v) is 32.3. The molecule has 1 saturated carbocycles. The maximum absolute atomic E-state index is 14.6. The van der Waals surface area contributed by atoms with Crippen LogP contribution < -0.4 is 15.9 Å². The van der Waals surface area contributed by atoms with Crippen molar-refractivity contribution >= 4 is 36.7 Å². The molecule has 4 bridgehead atoms. The fraction of sp³-hybridized carbons (Fsp3) is 0.550. The minimum atomic E-state index is -4.19. The van der Waals surface area contributed by atoms with Crippen molar-refractivity contribution in [3.8, 4) is 0 Å². The van der Waals surface area contributed by atoms with E-state index in [1.807, 2.05) is 26.0 Å². The molecule has 286 valence electrons. The van der Waals surface area contributed by atoms with Crippen molar-refractivity contribution in [1.82, 2.24) is 20.4 Å². The van der Waals surface area contributed by atoms with Crippen LogP contribution in [0.15, 0.2) is 61.2 Å². The molecule has 13 heteroatoms. The van der Waals surface area contributed by atoms with E-state index in [4.69, 9.17) is 9.47 Å². The van der Waals surface area contributed by atoms with Crippen molar-refractivity contribution in [1.29, 1.82) is 0 Å². The normalized spacial score (nSPS) is 28.9. The van der Waals surface area contributed by atoms with Gasteiger partial charge < -0.3 is 29.9 Å². The summed E-state index contributed by atoms with van der Waals surface area (Å²) in [5, 5.41) is 4.32. The molecule has 1 saturated heterocycles. The van der Waals surface area contributed by atoms with E-state index in [2.05, 4.69) is 23.3 Å². The zero-order valence-electron chi connectivity index (χ0n) is 31.4. The lowest BCUT2D eigenvalue weighted by Gasteiger charge is -2.36. The molecule has 2 fully saturated rings. The van der Waals surface area contributed by atoms with Gasteiger partial charge in [0.15, 0.2) is 0 Å². The SMILES string of the molecule is C=C[C@H]1C[C@]1(NC(=O)[C@@H]1C[C@@H]2CN1C(=O)[C@H](C(C)(C)C)NC(=O)OCC(C)(C)CCCCc1cccc3c1CN(C3)C(=O)O2)P(=O)(O)c1ccccc1. The Morgan fingerprint density at radius 3 is 2.45 bits per heavy atom. The first-order chi connectivity index (χ1) is 25.0. The average molecular weight is 749 g/mol. The first kappa shape index (κ1) is 38.6. The summed E-state index contributed by atoms with van der Waals surface area (Å²) in [5.74, 6) is -1.69. The Morgan fingerprint density at radius 2 is 1.77 bits per heavy atom. The molecule has 3 N–H and O–H groups in total. The molecule has 0 radical (unpaired) electrons. The molecule has 2 aromatic carbocycles. The number of carbonyl (C=O) groups is 4. The quantitative estimate of drug-likeness (QED) is 0.263. The third-order valence-corrected chi connectivity index (χ3v) is 13.9. The first-order valence-electron chi connectivity index (χ1n) is 18.6. The highest BCUT2D eigenvalue weighted by Crippen LogP contribution is 2.68.